The van der Waals surface area contributed by atoms with Crippen molar-refractivity contribution in [3.8, 4) is 0 Å². The molecule has 0 fully saturated rings. The molecule has 3 unspecified atom stereocenters. The number of carboxylic acid groups (broad SMARTS) is 1. The number of nitrogens with one attached hydrogen (secondary N) is 2. The number of hydrogen-bond donors (Lipinski definition) is 4. The van der Waals surface area contributed by atoms with Gasteiger partial charge in [0.05, 0.1) is 5.92 Å². The molecule has 0 spiro atoms. The molecule has 3 aromatic rings. The second-order valence-corrected chi connectivity index (χ2v) is 13.4. The normalized spacial score (nSPS) is 14.5. The molecule has 0 saturated carbocycles. The molecule has 0 aliphatic rings. The fourth-order valence-corrected chi connectivity index (χ4v) is 7.09. The van der Waals surface area contributed by atoms with E-state index >= 15 is 0 Å². The fraction of sp³-hybridized carbons (Fsp3) is 0.323. The van der Waals surface area contributed by atoms with Gasteiger partial charge >= 0.3 is 12.1 Å². The zero-order valence-electron chi connectivity index (χ0n) is 23.4. The maximum absolute atomic E-state index is 13.8. The van der Waals surface area contributed by atoms with Crippen molar-refractivity contribution in [2.75, 3.05) is 18.2 Å². The molecule has 224 valence electrons. The van der Waals surface area contributed by atoms with E-state index < -0.39 is 49.2 Å². The van der Waals surface area contributed by atoms with Crippen molar-refractivity contribution in [1.29, 1.82) is 0 Å². The summed E-state index contributed by atoms with van der Waals surface area (Å²) in [6.07, 6.45) is 0.906. The first kappa shape index (κ1) is 32.9. The SMILES string of the molecule is CSCCC(NC(=O)OCc1ccccc1)P(=O)(O)CC(Cc1ccccc1)C(=O)N[C@@H](Cc1ccccc1)C(=O)O. The molecule has 2 amide bonds. The van der Waals surface area contributed by atoms with E-state index in [0.29, 0.717) is 5.75 Å². The van der Waals surface area contributed by atoms with E-state index in [4.69, 9.17) is 4.74 Å². The lowest BCUT2D eigenvalue weighted by atomic mass is 9.99. The smallest absolute Gasteiger partial charge is 0.408 e. The number of alkyl carbamates (subject to hydrolysis) is 1. The van der Waals surface area contributed by atoms with Gasteiger partial charge in [-0.1, -0.05) is 91.0 Å². The molecule has 11 heteroatoms. The van der Waals surface area contributed by atoms with Gasteiger partial charge in [0, 0.05) is 12.6 Å². The molecular formula is C31H37N2O7PS. The van der Waals surface area contributed by atoms with Crippen LogP contribution >= 0.6 is 19.1 Å². The van der Waals surface area contributed by atoms with Crippen LogP contribution in [0.2, 0.25) is 0 Å². The summed E-state index contributed by atoms with van der Waals surface area (Å²) in [5.41, 5.74) is 2.25. The van der Waals surface area contributed by atoms with Crippen LogP contribution in [0, 0.1) is 5.92 Å². The number of benzene rings is 3. The second kappa shape index (κ2) is 16.8. The average molecular weight is 613 g/mol. The van der Waals surface area contributed by atoms with E-state index in [9.17, 15) is 28.9 Å². The van der Waals surface area contributed by atoms with Gasteiger partial charge in [-0.15, -0.1) is 0 Å². The Morgan fingerprint density at radius 1 is 0.833 bits per heavy atom. The Kier molecular flexibility index (Phi) is 13.1. The van der Waals surface area contributed by atoms with E-state index in [1.807, 2.05) is 36.6 Å². The van der Waals surface area contributed by atoms with Crippen molar-refractivity contribution in [2.24, 2.45) is 5.92 Å². The van der Waals surface area contributed by atoms with Gasteiger partial charge in [-0.25, -0.2) is 9.59 Å². The Morgan fingerprint density at radius 3 is 1.88 bits per heavy atom. The lowest BCUT2D eigenvalue weighted by Gasteiger charge is -2.28. The topological polar surface area (TPSA) is 142 Å². The molecule has 0 aliphatic heterocycles. The molecule has 9 nitrogen and oxygen atoms in total. The van der Waals surface area contributed by atoms with Gasteiger partial charge in [0.2, 0.25) is 13.3 Å². The number of rotatable bonds is 16. The van der Waals surface area contributed by atoms with E-state index in [-0.39, 0.29) is 25.9 Å². The van der Waals surface area contributed by atoms with Crippen LogP contribution in [0.15, 0.2) is 91.0 Å². The number of thioether (sulfide) groups is 1. The molecule has 0 aromatic heterocycles. The van der Waals surface area contributed by atoms with Gasteiger partial charge in [-0.05, 0) is 41.5 Å². The number of ether oxygens (including phenoxy) is 1. The number of amides is 2. The Morgan fingerprint density at radius 2 is 1.36 bits per heavy atom. The fourth-order valence-electron chi connectivity index (χ4n) is 4.43. The van der Waals surface area contributed by atoms with E-state index in [1.165, 1.54) is 11.8 Å². The van der Waals surface area contributed by atoms with Crippen molar-refractivity contribution < 1.29 is 33.7 Å². The van der Waals surface area contributed by atoms with E-state index in [1.54, 1.807) is 60.7 Å². The summed E-state index contributed by atoms with van der Waals surface area (Å²) >= 11 is 1.45. The van der Waals surface area contributed by atoms with Gasteiger partial charge in [-0.3, -0.25) is 9.36 Å². The van der Waals surface area contributed by atoms with Crippen LogP contribution in [0.5, 0.6) is 0 Å². The van der Waals surface area contributed by atoms with E-state index in [2.05, 4.69) is 10.6 Å². The molecule has 0 radical (unpaired) electrons. The lowest BCUT2D eigenvalue weighted by Crippen LogP contribution is -2.46. The number of aliphatic carboxylic acids is 1. The van der Waals surface area contributed by atoms with Crippen molar-refractivity contribution >= 4 is 37.1 Å². The molecule has 42 heavy (non-hydrogen) atoms. The van der Waals surface area contributed by atoms with Gasteiger partial charge in [0.15, 0.2) is 0 Å². The highest BCUT2D eigenvalue weighted by Gasteiger charge is 2.38. The zero-order chi connectivity index (χ0) is 30.4. The third kappa shape index (κ3) is 11.0. The van der Waals surface area contributed by atoms with Gasteiger partial charge < -0.3 is 25.4 Å². The molecule has 0 bridgehead atoms. The molecule has 0 saturated heterocycles. The summed E-state index contributed by atoms with van der Waals surface area (Å²) < 4.78 is 19.1. The summed E-state index contributed by atoms with van der Waals surface area (Å²) in [5.74, 6) is -3.55. The second-order valence-electron chi connectivity index (χ2n) is 9.92. The molecule has 3 rings (SSSR count). The molecule has 4 N–H and O–H groups in total. The van der Waals surface area contributed by atoms with Crippen LogP contribution in [0.4, 0.5) is 4.79 Å². The molecule has 0 heterocycles. The maximum Gasteiger partial charge on any atom is 0.408 e. The Hall–Kier alpha value is -3.59. The van der Waals surface area contributed by atoms with Gasteiger partial charge in [0.25, 0.3) is 0 Å². The van der Waals surface area contributed by atoms with Crippen LogP contribution in [0.25, 0.3) is 0 Å². The Bertz CT molecular complexity index is 1330. The van der Waals surface area contributed by atoms with E-state index in [0.717, 1.165) is 16.7 Å². The predicted octanol–water partition coefficient (Wildman–Crippen LogP) is 4.93. The highest BCUT2D eigenvalue weighted by molar-refractivity contribution is 7.98. The van der Waals surface area contributed by atoms with Crippen LogP contribution in [-0.4, -0.2) is 58.0 Å². The highest BCUT2D eigenvalue weighted by Crippen LogP contribution is 2.49. The summed E-state index contributed by atoms with van der Waals surface area (Å²) in [4.78, 5) is 49.5. The summed E-state index contributed by atoms with van der Waals surface area (Å²) in [5, 5.41) is 15.0. The molecule has 3 aromatic carbocycles. The van der Waals surface area contributed by atoms with Crippen molar-refractivity contribution in [3.63, 3.8) is 0 Å². The van der Waals surface area contributed by atoms with Gasteiger partial charge in [0.1, 0.15) is 18.4 Å². The largest absolute Gasteiger partial charge is 0.480 e. The number of hydrogen-bond acceptors (Lipinski definition) is 6. The third-order valence-electron chi connectivity index (χ3n) is 6.65. The van der Waals surface area contributed by atoms with Gasteiger partial charge in [-0.2, -0.15) is 11.8 Å². The molecule has 0 aliphatic carbocycles. The van der Waals surface area contributed by atoms with Crippen LogP contribution in [0.1, 0.15) is 23.1 Å². The van der Waals surface area contributed by atoms with Crippen molar-refractivity contribution in [2.45, 2.75) is 37.7 Å². The maximum atomic E-state index is 13.8. The first-order chi connectivity index (χ1) is 20.2. The standard InChI is InChI=1S/C31H37N2O7PS/c1-42-18-17-28(33-31(37)40-21-25-15-9-4-10-16-25)41(38,39)22-26(19-23-11-5-2-6-12-23)29(34)32-27(30(35)36)20-24-13-7-3-8-14-24/h2-16,26-28H,17-22H2,1H3,(H,32,34)(H,33,37)(H,35,36)(H,38,39)/t26?,27-,28?/m0/s1. The number of carbonyl (C=O) groups excluding carboxylic acids is 2. The zero-order valence-corrected chi connectivity index (χ0v) is 25.1. The summed E-state index contributed by atoms with van der Waals surface area (Å²) in [7, 11) is -4.20. The number of carbonyl (C=O) groups is 3. The summed E-state index contributed by atoms with van der Waals surface area (Å²) in [6.45, 7) is -0.00528. The predicted molar refractivity (Wildman–Crippen MR) is 165 cm³/mol. The van der Waals surface area contributed by atoms with Crippen LogP contribution in [-0.2, 0) is 38.3 Å². The van der Waals surface area contributed by atoms with Crippen molar-refractivity contribution in [1.82, 2.24) is 10.6 Å². The Balaban J connectivity index is 1.77. The quantitative estimate of drug-likeness (QED) is 0.167. The van der Waals surface area contributed by atoms with Crippen LogP contribution < -0.4 is 10.6 Å². The minimum Gasteiger partial charge on any atom is -0.480 e. The number of carboxylic acids is 1. The summed E-state index contributed by atoms with van der Waals surface area (Å²) in [6, 6.07) is 25.7. The first-order valence-corrected chi connectivity index (χ1v) is 16.9. The van der Waals surface area contributed by atoms with Crippen molar-refractivity contribution in [3.05, 3.63) is 108 Å². The molecule has 4 atom stereocenters. The van der Waals surface area contributed by atoms with Crippen LogP contribution in [0.3, 0.4) is 0 Å². The average Bonchev–Trinajstić information content (AvgIpc) is 2.98. The first-order valence-electron chi connectivity index (χ1n) is 13.6. The lowest BCUT2D eigenvalue weighted by molar-refractivity contribution is -0.142. The Labute approximate surface area is 250 Å². The molecular weight excluding hydrogens is 575 g/mol. The highest BCUT2D eigenvalue weighted by atomic mass is 32.2. The minimum absolute atomic E-state index is 0.00528. The third-order valence-corrected chi connectivity index (χ3v) is 9.62. The monoisotopic (exact) mass is 612 g/mol. The minimum atomic E-state index is -4.20.